The molecule has 0 amide bonds. The van der Waals surface area contributed by atoms with Gasteiger partial charge in [-0.15, -0.1) is 0 Å². The van der Waals surface area contributed by atoms with Crippen LogP contribution < -0.4 is 5.32 Å². The lowest BCUT2D eigenvalue weighted by Gasteiger charge is -2.27. The number of pyridine rings is 1. The fourth-order valence-electron chi connectivity index (χ4n) is 2.35. The Morgan fingerprint density at radius 3 is 2.84 bits per heavy atom. The molecule has 1 saturated heterocycles. The minimum atomic E-state index is -3.37. The standard InChI is InChI=1S/C12H20N4O2S/c1-13-12-9-10(6-7-14-12)11-5-4-8-16(11)19(17,18)15(2)3/h6-7,9,11H,4-5,8H2,1-3H3,(H,13,14). The third kappa shape index (κ3) is 2.72. The lowest BCUT2D eigenvalue weighted by atomic mass is 10.1. The van der Waals surface area contributed by atoms with Crippen LogP contribution in [0, 0.1) is 0 Å². The molecule has 1 atom stereocenters. The molecule has 0 aliphatic carbocycles. The van der Waals surface area contributed by atoms with Crippen molar-refractivity contribution in [2.75, 3.05) is 33.0 Å². The highest BCUT2D eigenvalue weighted by molar-refractivity contribution is 7.86. The summed E-state index contributed by atoms with van der Waals surface area (Å²) in [5, 5.41) is 2.98. The summed E-state index contributed by atoms with van der Waals surface area (Å²) in [6.45, 7) is 0.572. The monoisotopic (exact) mass is 284 g/mol. The van der Waals surface area contributed by atoms with Gasteiger partial charge in [0.2, 0.25) is 0 Å². The van der Waals surface area contributed by atoms with Gasteiger partial charge in [0.25, 0.3) is 10.2 Å². The minimum Gasteiger partial charge on any atom is -0.373 e. The average Bonchev–Trinajstić information content (AvgIpc) is 2.88. The van der Waals surface area contributed by atoms with Crippen LogP contribution in [-0.4, -0.2) is 49.7 Å². The van der Waals surface area contributed by atoms with E-state index in [2.05, 4.69) is 10.3 Å². The highest BCUT2D eigenvalue weighted by Gasteiger charge is 2.36. The molecule has 1 aromatic rings. The van der Waals surface area contributed by atoms with Crippen LogP contribution >= 0.6 is 0 Å². The van der Waals surface area contributed by atoms with Gasteiger partial charge in [0.15, 0.2) is 0 Å². The molecular weight excluding hydrogens is 264 g/mol. The van der Waals surface area contributed by atoms with Crippen LogP contribution in [0.15, 0.2) is 18.3 Å². The Balaban J connectivity index is 2.33. The summed E-state index contributed by atoms with van der Waals surface area (Å²) in [6, 6.07) is 3.70. The Hall–Kier alpha value is -1.18. The van der Waals surface area contributed by atoms with Crippen LogP contribution in [0.1, 0.15) is 24.4 Å². The number of anilines is 1. The molecule has 7 heteroatoms. The van der Waals surface area contributed by atoms with E-state index < -0.39 is 10.2 Å². The average molecular weight is 284 g/mol. The van der Waals surface area contributed by atoms with E-state index in [1.54, 1.807) is 31.6 Å². The van der Waals surface area contributed by atoms with Gasteiger partial charge in [-0.2, -0.15) is 17.0 Å². The van der Waals surface area contributed by atoms with E-state index in [-0.39, 0.29) is 6.04 Å². The van der Waals surface area contributed by atoms with Crippen molar-refractivity contribution in [1.29, 1.82) is 0 Å². The molecule has 1 N–H and O–H groups in total. The first kappa shape index (κ1) is 14.2. The maximum absolute atomic E-state index is 12.3. The summed E-state index contributed by atoms with van der Waals surface area (Å²) in [5.74, 6) is 0.756. The normalized spacial score (nSPS) is 20.9. The quantitative estimate of drug-likeness (QED) is 0.898. The number of hydrogen-bond donors (Lipinski definition) is 1. The van der Waals surface area contributed by atoms with Gasteiger partial charge in [0.1, 0.15) is 5.82 Å². The topological polar surface area (TPSA) is 65.5 Å². The molecule has 2 rings (SSSR count). The molecule has 1 aliphatic rings. The zero-order chi connectivity index (χ0) is 14.0. The van der Waals surface area contributed by atoms with Gasteiger partial charge < -0.3 is 5.32 Å². The lowest BCUT2D eigenvalue weighted by molar-refractivity contribution is 0.362. The van der Waals surface area contributed by atoms with Gasteiger partial charge in [0, 0.05) is 33.9 Å². The van der Waals surface area contributed by atoms with E-state index in [0.717, 1.165) is 24.2 Å². The first-order chi connectivity index (χ1) is 8.96. The molecule has 106 valence electrons. The van der Waals surface area contributed by atoms with E-state index in [1.165, 1.54) is 4.31 Å². The summed E-state index contributed by atoms with van der Waals surface area (Å²) < 4.78 is 27.4. The predicted octanol–water partition coefficient (Wildman–Crippen LogP) is 1.07. The van der Waals surface area contributed by atoms with E-state index >= 15 is 0 Å². The summed E-state index contributed by atoms with van der Waals surface area (Å²) in [6.07, 6.45) is 3.44. The second-order valence-electron chi connectivity index (χ2n) is 4.78. The summed E-state index contributed by atoms with van der Waals surface area (Å²) in [4.78, 5) is 4.16. The largest absolute Gasteiger partial charge is 0.373 e. The van der Waals surface area contributed by atoms with Gasteiger partial charge in [-0.3, -0.25) is 0 Å². The molecule has 0 aromatic carbocycles. The van der Waals surface area contributed by atoms with Gasteiger partial charge in [-0.05, 0) is 30.5 Å². The maximum atomic E-state index is 12.3. The molecule has 1 aliphatic heterocycles. The molecule has 2 heterocycles. The van der Waals surface area contributed by atoms with Crippen LogP contribution in [0.25, 0.3) is 0 Å². The van der Waals surface area contributed by atoms with Gasteiger partial charge in [0.05, 0.1) is 6.04 Å². The van der Waals surface area contributed by atoms with Crippen molar-refractivity contribution in [3.8, 4) is 0 Å². The molecule has 1 aromatic heterocycles. The number of nitrogens with zero attached hydrogens (tertiary/aromatic N) is 3. The van der Waals surface area contributed by atoms with Crippen LogP contribution in [-0.2, 0) is 10.2 Å². The van der Waals surface area contributed by atoms with Gasteiger partial charge in [-0.1, -0.05) is 0 Å². The van der Waals surface area contributed by atoms with Crippen molar-refractivity contribution in [2.24, 2.45) is 0 Å². The Bertz CT molecular complexity index is 544. The Kier molecular flexibility index (Phi) is 4.07. The molecule has 0 spiro atoms. The first-order valence-corrected chi connectivity index (χ1v) is 7.69. The SMILES string of the molecule is CNc1cc(C2CCCN2S(=O)(=O)N(C)C)ccn1. The summed E-state index contributed by atoms with van der Waals surface area (Å²) >= 11 is 0. The highest BCUT2D eigenvalue weighted by atomic mass is 32.2. The Labute approximate surface area is 114 Å². The molecular formula is C12H20N4O2S. The van der Waals surface area contributed by atoms with Crippen LogP contribution in [0.4, 0.5) is 5.82 Å². The number of hydrogen-bond acceptors (Lipinski definition) is 4. The number of aromatic nitrogens is 1. The molecule has 6 nitrogen and oxygen atoms in total. The van der Waals surface area contributed by atoms with Crippen molar-refractivity contribution in [3.05, 3.63) is 23.9 Å². The second-order valence-corrected chi connectivity index (χ2v) is 6.88. The van der Waals surface area contributed by atoms with E-state index in [0.29, 0.717) is 6.54 Å². The fraction of sp³-hybridized carbons (Fsp3) is 0.583. The predicted molar refractivity (Wildman–Crippen MR) is 75.1 cm³/mol. The van der Waals surface area contributed by atoms with Crippen LogP contribution in [0.2, 0.25) is 0 Å². The van der Waals surface area contributed by atoms with Crippen molar-refractivity contribution >= 4 is 16.0 Å². The second kappa shape index (κ2) is 5.44. The van der Waals surface area contributed by atoms with Gasteiger partial charge in [-0.25, -0.2) is 4.98 Å². The molecule has 1 fully saturated rings. The van der Waals surface area contributed by atoms with Crippen LogP contribution in [0.5, 0.6) is 0 Å². The van der Waals surface area contributed by atoms with E-state index in [9.17, 15) is 8.42 Å². The Morgan fingerprint density at radius 2 is 2.21 bits per heavy atom. The van der Waals surface area contributed by atoms with E-state index in [1.807, 2.05) is 12.1 Å². The fourth-order valence-corrected chi connectivity index (χ4v) is 3.68. The third-order valence-corrected chi connectivity index (χ3v) is 5.34. The number of nitrogens with one attached hydrogen (secondary N) is 1. The van der Waals surface area contributed by atoms with Crippen molar-refractivity contribution in [3.63, 3.8) is 0 Å². The molecule has 0 saturated carbocycles. The lowest BCUT2D eigenvalue weighted by Crippen LogP contribution is -2.39. The third-order valence-electron chi connectivity index (χ3n) is 3.39. The molecule has 19 heavy (non-hydrogen) atoms. The molecule has 0 radical (unpaired) electrons. The van der Waals surface area contributed by atoms with Crippen molar-refractivity contribution < 1.29 is 8.42 Å². The molecule has 0 bridgehead atoms. The zero-order valence-corrected chi connectivity index (χ0v) is 12.3. The van der Waals surface area contributed by atoms with Gasteiger partial charge >= 0.3 is 0 Å². The first-order valence-electron chi connectivity index (χ1n) is 6.30. The summed E-state index contributed by atoms with van der Waals surface area (Å²) in [7, 11) is 1.56. The molecule has 1 unspecified atom stereocenters. The highest BCUT2D eigenvalue weighted by Crippen LogP contribution is 2.35. The number of rotatable bonds is 4. The minimum absolute atomic E-state index is 0.0949. The Morgan fingerprint density at radius 1 is 1.47 bits per heavy atom. The zero-order valence-electron chi connectivity index (χ0n) is 11.5. The smallest absolute Gasteiger partial charge is 0.282 e. The maximum Gasteiger partial charge on any atom is 0.282 e. The van der Waals surface area contributed by atoms with Crippen LogP contribution in [0.3, 0.4) is 0 Å². The summed E-state index contributed by atoms with van der Waals surface area (Å²) in [5.41, 5.74) is 0.988. The van der Waals surface area contributed by atoms with E-state index in [4.69, 9.17) is 0 Å². The van der Waals surface area contributed by atoms with Crippen molar-refractivity contribution in [1.82, 2.24) is 13.6 Å². The van der Waals surface area contributed by atoms with Crippen molar-refractivity contribution in [2.45, 2.75) is 18.9 Å².